The van der Waals surface area contributed by atoms with E-state index in [4.69, 9.17) is 14.2 Å². The van der Waals surface area contributed by atoms with E-state index in [-0.39, 0.29) is 38.3 Å². The maximum absolute atomic E-state index is 12.0. The van der Waals surface area contributed by atoms with Crippen LogP contribution in [0.2, 0.25) is 0 Å². The summed E-state index contributed by atoms with van der Waals surface area (Å²) in [6.45, 7) is 5.43. The number of nitrogens with one attached hydrogen (secondary N) is 3. The lowest BCUT2D eigenvalue weighted by Crippen LogP contribution is -2.45. The summed E-state index contributed by atoms with van der Waals surface area (Å²) >= 11 is 0. The highest BCUT2D eigenvalue weighted by Crippen LogP contribution is 2.13. The Morgan fingerprint density at radius 1 is 1.12 bits per heavy atom. The second-order valence-corrected chi connectivity index (χ2v) is 8.02. The van der Waals surface area contributed by atoms with Crippen LogP contribution >= 0.6 is 0 Å². The van der Waals surface area contributed by atoms with Crippen molar-refractivity contribution >= 4 is 23.8 Å². The minimum atomic E-state index is -0.664. The first kappa shape index (κ1) is 24.6. The zero-order valence-corrected chi connectivity index (χ0v) is 18.3. The van der Waals surface area contributed by atoms with Gasteiger partial charge in [-0.3, -0.25) is 4.79 Å². The predicted octanol–water partition coefficient (Wildman–Crippen LogP) is 2.62. The first-order valence-corrected chi connectivity index (χ1v) is 10.1. The number of alkyl carbamates (subject to hydrolysis) is 2. The first-order chi connectivity index (χ1) is 15.1. The molecule has 3 amide bonds. The fourth-order valence-corrected chi connectivity index (χ4v) is 2.59. The molecule has 32 heavy (non-hydrogen) atoms. The zero-order valence-electron chi connectivity index (χ0n) is 18.3. The molecule has 0 aromatic heterocycles. The average Bonchev–Trinajstić information content (AvgIpc) is 2.75. The van der Waals surface area contributed by atoms with Crippen LogP contribution in [0.25, 0.3) is 0 Å². The second kappa shape index (κ2) is 11.7. The van der Waals surface area contributed by atoms with Gasteiger partial charge in [-0.2, -0.15) is 0 Å². The summed E-state index contributed by atoms with van der Waals surface area (Å²) in [6, 6.07) is 6.12. The number of benzene rings is 1. The molecule has 0 radical (unpaired) electrons. The van der Waals surface area contributed by atoms with Crippen molar-refractivity contribution in [2.24, 2.45) is 5.18 Å². The maximum atomic E-state index is 12.0. The second-order valence-electron chi connectivity index (χ2n) is 8.02. The van der Waals surface area contributed by atoms with E-state index >= 15 is 0 Å². The fourth-order valence-electron chi connectivity index (χ4n) is 2.59. The molecule has 3 N–H and O–H groups in total. The summed E-state index contributed by atoms with van der Waals surface area (Å²) in [6.07, 6.45) is 1.00. The largest absolute Gasteiger partial charge is 0.494 e. The molecule has 0 fully saturated rings. The lowest BCUT2D eigenvalue weighted by molar-refractivity contribution is -0.121. The third-order valence-corrected chi connectivity index (χ3v) is 4.08. The first-order valence-electron chi connectivity index (χ1n) is 10.1. The summed E-state index contributed by atoms with van der Waals surface area (Å²) in [4.78, 5) is 45.7. The number of rotatable bonds is 8. The van der Waals surface area contributed by atoms with Crippen LogP contribution in [0.15, 0.2) is 41.3 Å². The SMILES string of the molecule is CC(C)(C)OC(=O)NCC(=O)N[C@@H]1CC=C(CNC(=O)OCc2ccc(N=O)cc2)OC1. The Bertz CT molecular complexity index is 847. The summed E-state index contributed by atoms with van der Waals surface area (Å²) < 4.78 is 15.7. The molecule has 0 spiro atoms. The Hall–Kier alpha value is -3.63. The van der Waals surface area contributed by atoms with Crippen molar-refractivity contribution in [3.05, 3.63) is 46.6 Å². The van der Waals surface area contributed by atoms with Crippen LogP contribution in [0.3, 0.4) is 0 Å². The third kappa shape index (κ3) is 9.45. The molecule has 1 aromatic rings. The molecule has 2 rings (SSSR count). The molecule has 0 saturated carbocycles. The van der Waals surface area contributed by atoms with Gasteiger partial charge in [-0.15, -0.1) is 4.91 Å². The van der Waals surface area contributed by atoms with E-state index in [1.54, 1.807) is 39.0 Å². The van der Waals surface area contributed by atoms with Crippen molar-refractivity contribution in [1.82, 2.24) is 16.0 Å². The molecule has 1 heterocycles. The van der Waals surface area contributed by atoms with Crippen molar-refractivity contribution < 1.29 is 28.6 Å². The van der Waals surface area contributed by atoms with Gasteiger partial charge in [0.2, 0.25) is 5.91 Å². The Balaban J connectivity index is 1.63. The molecule has 174 valence electrons. The van der Waals surface area contributed by atoms with Crippen molar-refractivity contribution in [3.63, 3.8) is 0 Å². The molecule has 1 atom stereocenters. The lowest BCUT2D eigenvalue weighted by atomic mass is 10.1. The molecule has 11 nitrogen and oxygen atoms in total. The summed E-state index contributed by atoms with van der Waals surface area (Å²) in [5, 5.41) is 10.5. The van der Waals surface area contributed by atoms with Crippen LogP contribution in [0, 0.1) is 4.91 Å². The molecular weight excluding hydrogens is 420 g/mol. The van der Waals surface area contributed by atoms with Crippen LogP contribution in [-0.4, -0.2) is 49.4 Å². The average molecular weight is 448 g/mol. The van der Waals surface area contributed by atoms with Crippen LogP contribution in [0.1, 0.15) is 32.8 Å². The van der Waals surface area contributed by atoms with Gasteiger partial charge in [0.05, 0.1) is 12.6 Å². The molecule has 0 unspecified atom stereocenters. The quantitative estimate of drug-likeness (QED) is 0.518. The molecule has 1 aliphatic rings. The topological polar surface area (TPSA) is 144 Å². The number of ether oxygens (including phenoxy) is 3. The molecule has 0 bridgehead atoms. The van der Waals surface area contributed by atoms with Crippen molar-refractivity contribution in [3.8, 4) is 0 Å². The fraction of sp³-hybridized carbons (Fsp3) is 0.476. The molecule has 0 aliphatic carbocycles. The van der Waals surface area contributed by atoms with Crippen LogP contribution in [0.5, 0.6) is 0 Å². The minimum Gasteiger partial charge on any atom is -0.494 e. The van der Waals surface area contributed by atoms with Crippen LogP contribution in [-0.2, 0) is 25.6 Å². The smallest absolute Gasteiger partial charge is 0.408 e. The van der Waals surface area contributed by atoms with E-state index in [0.717, 1.165) is 5.56 Å². The number of carbonyl (C=O) groups is 3. The number of nitroso groups, excluding NO2 is 1. The highest BCUT2D eigenvalue weighted by molar-refractivity contribution is 5.82. The third-order valence-electron chi connectivity index (χ3n) is 4.08. The van der Waals surface area contributed by atoms with E-state index in [0.29, 0.717) is 17.9 Å². The summed E-state index contributed by atoms with van der Waals surface area (Å²) in [5.74, 6) is 0.195. The predicted molar refractivity (Wildman–Crippen MR) is 115 cm³/mol. The van der Waals surface area contributed by atoms with Gasteiger partial charge in [-0.1, -0.05) is 12.1 Å². The van der Waals surface area contributed by atoms with Crippen molar-refractivity contribution in [2.75, 3.05) is 19.7 Å². The van der Waals surface area contributed by atoms with Gasteiger partial charge in [-0.25, -0.2) is 9.59 Å². The zero-order chi connectivity index (χ0) is 23.6. The van der Waals surface area contributed by atoms with Gasteiger partial charge >= 0.3 is 12.2 Å². The Kier molecular flexibility index (Phi) is 8.99. The lowest BCUT2D eigenvalue weighted by Gasteiger charge is -2.24. The van der Waals surface area contributed by atoms with Gasteiger partial charge in [0.1, 0.15) is 36.8 Å². The van der Waals surface area contributed by atoms with E-state index in [1.165, 1.54) is 12.1 Å². The molecular formula is C21H28N4O7. The van der Waals surface area contributed by atoms with E-state index in [2.05, 4.69) is 21.1 Å². The summed E-state index contributed by atoms with van der Waals surface area (Å²) in [5.41, 5.74) is 0.383. The van der Waals surface area contributed by atoms with Crippen LogP contribution < -0.4 is 16.0 Å². The Morgan fingerprint density at radius 2 is 1.84 bits per heavy atom. The van der Waals surface area contributed by atoms with Gasteiger partial charge in [0.25, 0.3) is 0 Å². The summed E-state index contributed by atoms with van der Waals surface area (Å²) in [7, 11) is 0. The number of amides is 3. The standard InChI is InChI=1S/C21H28N4O7/c1-21(2,3)32-20(28)23-11-18(26)24-16-8-9-17(30-13-16)10-22-19(27)31-12-14-4-6-15(25-29)7-5-14/h4-7,9,16H,8,10-13H2,1-3H3,(H,22,27)(H,23,28)(H,24,26)/t16-/m1/s1. The molecule has 1 aliphatic heterocycles. The van der Waals surface area contributed by atoms with E-state index < -0.39 is 17.8 Å². The number of hydrogen-bond acceptors (Lipinski definition) is 8. The van der Waals surface area contributed by atoms with Crippen LogP contribution in [0.4, 0.5) is 15.3 Å². The van der Waals surface area contributed by atoms with Crippen molar-refractivity contribution in [1.29, 1.82) is 0 Å². The minimum absolute atomic E-state index is 0.0519. The normalized spacial score (nSPS) is 15.5. The number of nitrogens with zero attached hydrogens (tertiary/aromatic N) is 1. The molecule has 0 saturated heterocycles. The number of carbonyl (C=O) groups excluding carboxylic acids is 3. The van der Waals surface area contributed by atoms with E-state index in [9.17, 15) is 19.3 Å². The van der Waals surface area contributed by atoms with Gasteiger partial charge in [-0.05, 0) is 56.1 Å². The molecule has 11 heteroatoms. The highest BCUT2D eigenvalue weighted by Gasteiger charge is 2.20. The Morgan fingerprint density at radius 3 is 2.44 bits per heavy atom. The number of hydrogen-bond donors (Lipinski definition) is 3. The maximum Gasteiger partial charge on any atom is 0.408 e. The Labute approximate surface area is 185 Å². The van der Waals surface area contributed by atoms with Crippen molar-refractivity contribution in [2.45, 2.75) is 45.4 Å². The monoisotopic (exact) mass is 448 g/mol. The highest BCUT2D eigenvalue weighted by atomic mass is 16.6. The van der Waals surface area contributed by atoms with Gasteiger partial charge in [0, 0.05) is 0 Å². The van der Waals surface area contributed by atoms with Gasteiger partial charge in [0.15, 0.2) is 0 Å². The van der Waals surface area contributed by atoms with Gasteiger partial charge < -0.3 is 30.2 Å². The molecule has 1 aromatic carbocycles. The van der Waals surface area contributed by atoms with E-state index in [1.807, 2.05) is 0 Å².